The van der Waals surface area contributed by atoms with Gasteiger partial charge in [0.25, 0.3) is 5.56 Å². The van der Waals surface area contributed by atoms with Crippen molar-refractivity contribution in [3.8, 4) is 11.3 Å². The van der Waals surface area contributed by atoms with Gasteiger partial charge >= 0.3 is 0 Å². The molecule has 5 nitrogen and oxygen atoms in total. The molecule has 0 saturated carbocycles. The lowest BCUT2D eigenvalue weighted by molar-refractivity contribution is 0.628. The molecular weight excluding hydrogens is 283 g/mol. The van der Waals surface area contributed by atoms with E-state index in [9.17, 15) is 9.18 Å². The Labute approximate surface area is 125 Å². The minimum Gasteiger partial charge on any atom is -0.295 e. The van der Waals surface area contributed by atoms with Crippen LogP contribution in [-0.2, 0) is 0 Å². The molecule has 3 aromatic rings. The monoisotopic (exact) mass is 296 g/mol. The molecule has 2 aromatic carbocycles. The minimum atomic E-state index is -0.378. The van der Waals surface area contributed by atoms with Crippen molar-refractivity contribution in [2.45, 2.75) is 6.92 Å². The van der Waals surface area contributed by atoms with E-state index < -0.39 is 0 Å². The number of aromatic amines is 2. The fourth-order valence-corrected chi connectivity index (χ4v) is 2.05. The summed E-state index contributed by atoms with van der Waals surface area (Å²) in [6.07, 6.45) is 0. The molecular formula is C16H13FN4O. The molecule has 0 fully saturated rings. The van der Waals surface area contributed by atoms with Crippen molar-refractivity contribution < 1.29 is 4.39 Å². The highest BCUT2D eigenvalue weighted by atomic mass is 19.1. The van der Waals surface area contributed by atoms with Gasteiger partial charge in [0, 0.05) is 5.56 Å². The van der Waals surface area contributed by atoms with E-state index in [1.807, 2.05) is 31.2 Å². The van der Waals surface area contributed by atoms with E-state index in [-0.39, 0.29) is 17.1 Å². The van der Waals surface area contributed by atoms with Gasteiger partial charge in [-0.3, -0.25) is 15.0 Å². The second kappa shape index (κ2) is 5.77. The Bertz CT molecular complexity index is 878. The van der Waals surface area contributed by atoms with Crippen LogP contribution in [0.15, 0.2) is 63.6 Å². The van der Waals surface area contributed by atoms with E-state index in [1.54, 1.807) is 12.1 Å². The first kappa shape index (κ1) is 13.9. The molecule has 110 valence electrons. The normalized spacial score (nSPS) is 11.2. The maximum Gasteiger partial charge on any atom is 0.292 e. The lowest BCUT2D eigenvalue weighted by Crippen LogP contribution is -1.96. The number of hydrogen-bond donors (Lipinski definition) is 2. The maximum atomic E-state index is 13.0. The quantitative estimate of drug-likeness (QED) is 0.697. The van der Waals surface area contributed by atoms with E-state index in [0.29, 0.717) is 16.9 Å². The Morgan fingerprint density at radius 1 is 0.955 bits per heavy atom. The first-order valence-electron chi connectivity index (χ1n) is 6.69. The molecule has 0 aliphatic rings. The van der Waals surface area contributed by atoms with Crippen LogP contribution in [0.1, 0.15) is 5.56 Å². The SMILES string of the molecule is Cc1ccccc1N=Nc1c(-c2ccc(F)cc2)[nH][nH]c1=O. The summed E-state index contributed by atoms with van der Waals surface area (Å²) in [5, 5.41) is 13.4. The van der Waals surface area contributed by atoms with Crippen molar-refractivity contribution >= 4 is 11.4 Å². The van der Waals surface area contributed by atoms with E-state index in [0.717, 1.165) is 5.56 Å². The van der Waals surface area contributed by atoms with Gasteiger partial charge in [-0.2, -0.15) is 5.11 Å². The molecule has 22 heavy (non-hydrogen) atoms. The number of benzene rings is 2. The number of rotatable bonds is 3. The van der Waals surface area contributed by atoms with E-state index in [2.05, 4.69) is 20.4 Å². The lowest BCUT2D eigenvalue weighted by atomic mass is 10.1. The summed E-state index contributed by atoms with van der Waals surface area (Å²) in [4.78, 5) is 11.9. The molecule has 6 heteroatoms. The number of aromatic nitrogens is 2. The smallest absolute Gasteiger partial charge is 0.292 e. The molecule has 0 spiro atoms. The number of halogens is 1. The summed E-state index contributed by atoms with van der Waals surface area (Å²) in [5.41, 5.74) is 2.56. The van der Waals surface area contributed by atoms with Gasteiger partial charge in [-0.25, -0.2) is 4.39 Å². The summed E-state index contributed by atoms with van der Waals surface area (Å²) >= 11 is 0. The van der Waals surface area contributed by atoms with Crippen LogP contribution in [0.25, 0.3) is 11.3 Å². The molecule has 0 amide bonds. The van der Waals surface area contributed by atoms with E-state index >= 15 is 0 Å². The molecule has 3 rings (SSSR count). The van der Waals surface area contributed by atoms with Gasteiger partial charge < -0.3 is 0 Å². The highest BCUT2D eigenvalue weighted by molar-refractivity contribution is 5.71. The molecule has 1 heterocycles. The molecule has 0 unspecified atom stereocenters. The zero-order valence-electron chi connectivity index (χ0n) is 11.8. The van der Waals surface area contributed by atoms with Crippen molar-refractivity contribution in [3.63, 3.8) is 0 Å². The Hall–Kier alpha value is -3.02. The zero-order valence-corrected chi connectivity index (χ0v) is 11.8. The van der Waals surface area contributed by atoms with Crippen molar-refractivity contribution in [2.24, 2.45) is 10.2 Å². The fraction of sp³-hybridized carbons (Fsp3) is 0.0625. The van der Waals surface area contributed by atoms with E-state index in [1.165, 1.54) is 12.1 Å². The number of hydrogen-bond acceptors (Lipinski definition) is 3. The van der Waals surface area contributed by atoms with E-state index in [4.69, 9.17) is 0 Å². The maximum absolute atomic E-state index is 13.0. The van der Waals surface area contributed by atoms with Gasteiger partial charge in [0.15, 0.2) is 5.69 Å². The number of H-pyrrole nitrogens is 2. The van der Waals surface area contributed by atoms with Gasteiger partial charge in [0.1, 0.15) is 5.82 Å². The van der Waals surface area contributed by atoms with Gasteiger partial charge in [-0.15, -0.1) is 5.11 Å². The second-order valence-electron chi connectivity index (χ2n) is 4.80. The third-order valence-electron chi connectivity index (χ3n) is 3.26. The zero-order chi connectivity index (χ0) is 15.5. The number of nitrogens with zero attached hydrogens (tertiary/aromatic N) is 2. The van der Waals surface area contributed by atoms with Crippen LogP contribution < -0.4 is 5.56 Å². The Kier molecular flexibility index (Phi) is 3.65. The van der Waals surface area contributed by atoms with Crippen LogP contribution in [-0.4, -0.2) is 10.2 Å². The van der Waals surface area contributed by atoms with Gasteiger partial charge in [-0.1, -0.05) is 18.2 Å². The average Bonchev–Trinajstić information content (AvgIpc) is 2.88. The predicted octanol–water partition coefficient (Wildman–Crippen LogP) is 4.23. The first-order chi connectivity index (χ1) is 10.6. The van der Waals surface area contributed by atoms with Crippen LogP contribution >= 0.6 is 0 Å². The van der Waals surface area contributed by atoms with Crippen LogP contribution in [0.5, 0.6) is 0 Å². The van der Waals surface area contributed by atoms with Crippen molar-refractivity contribution in [1.82, 2.24) is 10.2 Å². The summed E-state index contributed by atoms with van der Waals surface area (Å²) in [6, 6.07) is 13.3. The Balaban J connectivity index is 2.01. The van der Waals surface area contributed by atoms with Crippen molar-refractivity contribution in [3.05, 3.63) is 70.3 Å². The van der Waals surface area contributed by atoms with Crippen LogP contribution in [0.3, 0.4) is 0 Å². The molecule has 0 bridgehead atoms. The largest absolute Gasteiger partial charge is 0.295 e. The molecule has 0 saturated heterocycles. The molecule has 0 aliphatic carbocycles. The van der Waals surface area contributed by atoms with Crippen LogP contribution in [0.4, 0.5) is 15.8 Å². The third kappa shape index (κ3) is 2.71. The molecule has 2 N–H and O–H groups in total. The van der Waals surface area contributed by atoms with Gasteiger partial charge in [0.05, 0.1) is 11.4 Å². The van der Waals surface area contributed by atoms with Crippen LogP contribution in [0, 0.1) is 12.7 Å². The molecule has 0 radical (unpaired) electrons. The predicted molar refractivity (Wildman–Crippen MR) is 82.2 cm³/mol. The number of nitrogens with one attached hydrogen (secondary N) is 2. The average molecular weight is 296 g/mol. The summed E-state index contributed by atoms with van der Waals surface area (Å²) in [5.74, 6) is -0.343. The summed E-state index contributed by atoms with van der Waals surface area (Å²) in [7, 11) is 0. The van der Waals surface area contributed by atoms with Gasteiger partial charge in [-0.05, 0) is 42.8 Å². The first-order valence-corrected chi connectivity index (χ1v) is 6.69. The molecule has 1 aromatic heterocycles. The van der Waals surface area contributed by atoms with Crippen molar-refractivity contribution in [2.75, 3.05) is 0 Å². The van der Waals surface area contributed by atoms with Crippen LogP contribution in [0.2, 0.25) is 0 Å². The summed E-state index contributed by atoms with van der Waals surface area (Å²) < 4.78 is 13.0. The summed E-state index contributed by atoms with van der Waals surface area (Å²) in [6.45, 7) is 1.91. The lowest BCUT2D eigenvalue weighted by Gasteiger charge is -1.99. The molecule has 0 aliphatic heterocycles. The second-order valence-corrected chi connectivity index (χ2v) is 4.80. The Morgan fingerprint density at radius 2 is 1.68 bits per heavy atom. The van der Waals surface area contributed by atoms with Gasteiger partial charge in [0.2, 0.25) is 0 Å². The standard InChI is InChI=1S/C16H13FN4O/c1-10-4-2-3-5-13(10)18-20-15-14(19-21-16(15)22)11-6-8-12(17)9-7-11/h2-9H,1H3,(H2,19,21,22). The van der Waals surface area contributed by atoms with Crippen molar-refractivity contribution in [1.29, 1.82) is 0 Å². The Morgan fingerprint density at radius 3 is 2.41 bits per heavy atom. The third-order valence-corrected chi connectivity index (χ3v) is 3.26. The highest BCUT2D eigenvalue weighted by Crippen LogP contribution is 2.27. The number of aryl methyl sites for hydroxylation is 1. The molecule has 0 atom stereocenters. The fourth-order valence-electron chi connectivity index (χ4n) is 2.05. The minimum absolute atomic E-state index is 0.162. The topological polar surface area (TPSA) is 73.4 Å². The highest BCUT2D eigenvalue weighted by Gasteiger charge is 2.11. The number of azo groups is 1.